The Morgan fingerprint density at radius 1 is 1.15 bits per heavy atom. The number of methoxy groups -OCH3 is 1. The Kier molecular flexibility index (Phi) is 8.23. The van der Waals surface area contributed by atoms with Gasteiger partial charge in [0.2, 0.25) is 0 Å². The maximum absolute atomic E-state index is 6.11. The Balaban J connectivity index is 0.00000243. The topological polar surface area (TPSA) is 39.7 Å². The second-order valence-corrected chi connectivity index (χ2v) is 6.49. The van der Waals surface area contributed by atoms with Crippen LogP contribution < -0.4 is 14.8 Å². The van der Waals surface area contributed by atoms with Crippen LogP contribution in [0.2, 0.25) is 0 Å². The highest BCUT2D eigenvalue weighted by Gasteiger charge is 2.16. The third-order valence-corrected chi connectivity index (χ3v) is 4.50. The molecule has 3 rings (SSSR count). The van der Waals surface area contributed by atoms with Gasteiger partial charge < -0.3 is 19.5 Å². The molecule has 0 amide bonds. The number of para-hydroxylation sites is 1. The van der Waals surface area contributed by atoms with Gasteiger partial charge in [-0.1, -0.05) is 42.0 Å². The molecule has 5 heteroatoms. The average Bonchev–Trinajstić information content (AvgIpc) is 3.15. The van der Waals surface area contributed by atoms with Crippen LogP contribution in [0.15, 0.2) is 42.5 Å². The summed E-state index contributed by atoms with van der Waals surface area (Å²) in [6.07, 6.45) is 2.64. The zero-order valence-corrected chi connectivity index (χ0v) is 16.3. The number of hydrogen-bond donors (Lipinski definition) is 1. The van der Waals surface area contributed by atoms with Gasteiger partial charge in [0.25, 0.3) is 0 Å². The molecule has 1 aliphatic heterocycles. The Hall–Kier alpha value is -1.75. The highest BCUT2D eigenvalue weighted by molar-refractivity contribution is 5.85. The van der Waals surface area contributed by atoms with Crippen LogP contribution in [0.4, 0.5) is 0 Å². The smallest absolute Gasteiger partial charge is 0.166 e. The molecule has 0 radical (unpaired) electrons. The first kappa shape index (κ1) is 20.6. The molecule has 0 bridgehead atoms. The van der Waals surface area contributed by atoms with Gasteiger partial charge in [-0.3, -0.25) is 0 Å². The maximum Gasteiger partial charge on any atom is 0.166 e. The van der Waals surface area contributed by atoms with E-state index in [1.54, 1.807) is 7.11 Å². The van der Waals surface area contributed by atoms with E-state index in [1.807, 2.05) is 12.1 Å². The minimum Gasteiger partial charge on any atom is -0.493 e. The van der Waals surface area contributed by atoms with Crippen molar-refractivity contribution in [3.05, 3.63) is 59.2 Å². The van der Waals surface area contributed by atoms with Crippen LogP contribution in [0.5, 0.6) is 11.5 Å². The summed E-state index contributed by atoms with van der Waals surface area (Å²) in [6, 6.07) is 14.4. The van der Waals surface area contributed by atoms with Gasteiger partial charge in [0.1, 0.15) is 6.61 Å². The molecule has 142 valence electrons. The molecule has 0 saturated carbocycles. The van der Waals surface area contributed by atoms with Crippen LogP contribution in [0.1, 0.15) is 29.5 Å². The van der Waals surface area contributed by atoms with Crippen molar-refractivity contribution in [1.29, 1.82) is 0 Å². The van der Waals surface area contributed by atoms with E-state index in [4.69, 9.17) is 14.2 Å². The molecule has 0 aromatic heterocycles. The lowest BCUT2D eigenvalue weighted by Gasteiger charge is -2.17. The summed E-state index contributed by atoms with van der Waals surface area (Å²) >= 11 is 0. The van der Waals surface area contributed by atoms with E-state index in [2.05, 4.69) is 42.6 Å². The number of halogens is 1. The number of hydrogen-bond acceptors (Lipinski definition) is 4. The Morgan fingerprint density at radius 2 is 1.96 bits per heavy atom. The van der Waals surface area contributed by atoms with Crippen molar-refractivity contribution in [2.75, 3.05) is 20.3 Å². The highest BCUT2D eigenvalue weighted by Crippen LogP contribution is 2.32. The molecule has 26 heavy (non-hydrogen) atoms. The van der Waals surface area contributed by atoms with Crippen LogP contribution in [-0.2, 0) is 17.9 Å². The van der Waals surface area contributed by atoms with E-state index in [1.165, 1.54) is 5.56 Å². The fourth-order valence-electron chi connectivity index (χ4n) is 3.04. The molecule has 1 unspecified atom stereocenters. The molecule has 1 saturated heterocycles. The summed E-state index contributed by atoms with van der Waals surface area (Å²) in [7, 11) is 1.68. The van der Waals surface area contributed by atoms with E-state index in [0.717, 1.165) is 55.2 Å². The van der Waals surface area contributed by atoms with Gasteiger partial charge in [0.15, 0.2) is 11.5 Å². The standard InChI is InChI=1S/C21H27NO3.ClH/c1-16-8-10-17(11-9-16)15-25-21-18(5-3-7-20(21)23-2)13-22-14-19-6-4-12-24-19;/h3,5,7-11,19,22H,4,6,12-15H2,1-2H3;1H. The number of benzene rings is 2. The lowest BCUT2D eigenvalue weighted by molar-refractivity contribution is 0.110. The fraction of sp³-hybridized carbons (Fsp3) is 0.429. The predicted molar refractivity (Wildman–Crippen MR) is 106 cm³/mol. The second-order valence-electron chi connectivity index (χ2n) is 6.49. The molecule has 2 aromatic rings. The van der Waals surface area contributed by atoms with E-state index in [-0.39, 0.29) is 12.4 Å². The quantitative estimate of drug-likeness (QED) is 0.745. The monoisotopic (exact) mass is 377 g/mol. The predicted octanol–water partition coefficient (Wildman–Crippen LogP) is 4.27. The van der Waals surface area contributed by atoms with Crippen molar-refractivity contribution in [2.24, 2.45) is 0 Å². The summed E-state index contributed by atoms with van der Waals surface area (Å²) in [5.41, 5.74) is 3.50. The molecule has 0 aliphatic carbocycles. The van der Waals surface area contributed by atoms with Crippen molar-refractivity contribution in [2.45, 2.75) is 39.0 Å². The van der Waals surface area contributed by atoms with Gasteiger partial charge in [-0.25, -0.2) is 0 Å². The van der Waals surface area contributed by atoms with Gasteiger partial charge in [-0.15, -0.1) is 12.4 Å². The van der Waals surface area contributed by atoms with Crippen molar-refractivity contribution < 1.29 is 14.2 Å². The first-order chi connectivity index (χ1) is 12.3. The Bertz CT molecular complexity index is 669. The number of aryl methyl sites for hydroxylation is 1. The number of rotatable bonds is 8. The van der Waals surface area contributed by atoms with Gasteiger partial charge in [0.05, 0.1) is 13.2 Å². The average molecular weight is 378 g/mol. The van der Waals surface area contributed by atoms with Crippen LogP contribution in [0, 0.1) is 6.92 Å². The van der Waals surface area contributed by atoms with Gasteiger partial charge in [-0.2, -0.15) is 0 Å². The third-order valence-electron chi connectivity index (χ3n) is 4.50. The van der Waals surface area contributed by atoms with Crippen molar-refractivity contribution in [1.82, 2.24) is 5.32 Å². The normalized spacial score (nSPS) is 16.2. The molecular formula is C21H28ClNO3. The summed E-state index contributed by atoms with van der Waals surface area (Å²) < 4.78 is 17.3. The molecular weight excluding hydrogens is 350 g/mol. The first-order valence-corrected chi connectivity index (χ1v) is 8.93. The molecule has 1 atom stereocenters. The lowest BCUT2D eigenvalue weighted by atomic mass is 10.1. The van der Waals surface area contributed by atoms with Crippen molar-refractivity contribution in [3.8, 4) is 11.5 Å². The third kappa shape index (κ3) is 5.63. The number of ether oxygens (including phenoxy) is 3. The second kappa shape index (κ2) is 10.4. The van der Waals surface area contributed by atoms with E-state index < -0.39 is 0 Å². The van der Waals surface area contributed by atoms with Crippen molar-refractivity contribution >= 4 is 12.4 Å². The maximum atomic E-state index is 6.11. The Morgan fingerprint density at radius 3 is 2.65 bits per heavy atom. The lowest BCUT2D eigenvalue weighted by Crippen LogP contribution is -2.26. The summed E-state index contributed by atoms with van der Waals surface area (Å²) in [5, 5.41) is 3.48. The van der Waals surface area contributed by atoms with Crippen LogP contribution in [0.25, 0.3) is 0 Å². The SMILES string of the molecule is COc1cccc(CNCC2CCCO2)c1OCc1ccc(C)cc1.Cl. The molecule has 1 heterocycles. The fourth-order valence-corrected chi connectivity index (χ4v) is 3.04. The number of nitrogens with one attached hydrogen (secondary N) is 1. The van der Waals surface area contributed by atoms with Crippen LogP contribution in [-0.4, -0.2) is 26.4 Å². The zero-order valence-electron chi connectivity index (χ0n) is 15.5. The first-order valence-electron chi connectivity index (χ1n) is 8.93. The minimum absolute atomic E-state index is 0. The van der Waals surface area contributed by atoms with Crippen LogP contribution >= 0.6 is 12.4 Å². The molecule has 4 nitrogen and oxygen atoms in total. The Labute approximate surface area is 162 Å². The summed E-state index contributed by atoms with van der Waals surface area (Å²) in [5.74, 6) is 1.58. The van der Waals surface area contributed by atoms with E-state index in [9.17, 15) is 0 Å². The molecule has 1 fully saturated rings. The molecule has 1 aliphatic rings. The van der Waals surface area contributed by atoms with Gasteiger partial charge in [-0.05, 0) is 31.4 Å². The summed E-state index contributed by atoms with van der Waals surface area (Å²) in [4.78, 5) is 0. The minimum atomic E-state index is 0. The molecule has 2 aromatic carbocycles. The van der Waals surface area contributed by atoms with Crippen molar-refractivity contribution in [3.63, 3.8) is 0 Å². The molecule has 0 spiro atoms. The molecule has 1 N–H and O–H groups in total. The zero-order chi connectivity index (χ0) is 17.5. The van der Waals surface area contributed by atoms with Gasteiger partial charge >= 0.3 is 0 Å². The largest absolute Gasteiger partial charge is 0.493 e. The van der Waals surface area contributed by atoms with Crippen LogP contribution in [0.3, 0.4) is 0 Å². The van der Waals surface area contributed by atoms with E-state index in [0.29, 0.717) is 12.7 Å². The van der Waals surface area contributed by atoms with Gasteiger partial charge in [0, 0.05) is 25.3 Å². The highest BCUT2D eigenvalue weighted by atomic mass is 35.5. The van der Waals surface area contributed by atoms with E-state index >= 15 is 0 Å². The summed E-state index contributed by atoms with van der Waals surface area (Å²) in [6.45, 7) is 5.10.